The van der Waals surface area contributed by atoms with Gasteiger partial charge in [0, 0.05) is 12.5 Å². The van der Waals surface area contributed by atoms with Crippen molar-refractivity contribution < 1.29 is 5.11 Å². The molecule has 2 rings (SSSR count). The molecule has 0 aliphatic heterocycles. The van der Waals surface area contributed by atoms with E-state index in [1.807, 2.05) is 4.57 Å². The number of aliphatic hydroxyl groups is 1. The van der Waals surface area contributed by atoms with Crippen LogP contribution in [0.5, 0.6) is 0 Å². The molecular formula is C15H21N3O. The molecule has 1 aromatic carbocycles. The molecule has 4 heteroatoms. The molecule has 19 heavy (non-hydrogen) atoms. The normalized spacial score (nSPS) is 11.2. The second kappa shape index (κ2) is 5.97. The average Bonchev–Trinajstić information content (AvgIpc) is 2.81. The van der Waals surface area contributed by atoms with Gasteiger partial charge in [-0.1, -0.05) is 24.3 Å². The lowest BCUT2D eigenvalue weighted by Crippen LogP contribution is -2.11. The van der Waals surface area contributed by atoms with Crippen molar-refractivity contribution in [2.45, 2.75) is 46.3 Å². The highest BCUT2D eigenvalue weighted by Crippen LogP contribution is 2.15. The zero-order valence-electron chi connectivity index (χ0n) is 11.8. The van der Waals surface area contributed by atoms with Crippen molar-refractivity contribution in [2.24, 2.45) is 0 Å². The summed E-state index contributed by atoms with van der Waals surface area (Å²) in [5.74, 6) is 1.59. The van der Waals surface area contributed by atoms with Crippen LogP contribution in [0, 0.1) is 6.92 Å². The van der Waals surface area contributed by atoms with Crippen molar-refractivity contribution in [2.75, 3.05) is 0 Å². The fourth-order valence-electron chi connectivity index (χ4n) is 2.37. The second-order valence-electron chi connectivity index (χ2n) is 5.08. The Morgan fingerprint density at radius 3 is 2.42 bits per heavy atom. The SMILES string of the molecule is Cc1ccccc1CCc1nnc(CO)n1C(C)C. The Morgan fingerprint density at radius 1 is 1.11 bits per heavy atom. The number of aryl methyl sites for hydroxylation is 3. The summed E-state index contributed by atoms with van der Waals surface area (Å²) in [7, 11) is 0. The van der Waals surface area contributed by atoms with Gasteiger partial charge in [0.15, 0.2) is 5.82 Å². The van der Waals surface area contributed by atoms with Gasteiger partial charge >= 0.3 is 0 Å². The Morgan fingerprint density at radius 2 is 1.79 bits per heavy atom. The Balaban J connectivity index is 2.16. The Labute approximate surface area is 114 Å². The molecule has 0 atom stereocenters. The van der Waals surface area contributed by atoms with Crippen LogP contribution in [-0.4, -0.2) is 19.9 Å². The summed E-state index contributed by atoms with van der Waals surface area (Å²) in [4.78, 5) is 0. The van der Waals surface area contributed by atoms with Crippen LogP contribution >= 0.6 is 0 Å². The summed E-state index contributed by atoms with van der Waals surface area (Å²) in [5, 5.41) is 17.5. The largest absolute Gasteiger partial charge is 0.388 e. The molecular weight excluding hydrogens is 238 g/mol. The highest BCUT2D eigenvalue weighted by atomic mass is 16.3. The molecule has 0 aliphatic rings. The summed E-state index contributed by atoms with van der Waals surface area (Å²) in [6.45, 7) is 6.23. The van der Waals surface area contributed by atoms with Crippen molar-refractivity contribution in [3.63, 3.8) is 0 Å². The fourth-order valence-corrected chi connectivity index (χ4v) is 2.37. The third-order valence-corrected chi connectivity index (χ3v) is 3.37. The van der Waals surface area contributed by atoms with Crippen molar-refractivity contribution in [3.8, 4) is 0 Å². The van der Waals surface area contributed by atoms with Gasteiger partial charge in [0.05, 0.1) is 0 Å². The number of aliphatic hydroxyl groups excluding tert-OH is 1. The van der Waals surface area contributed by atoms with Crippen molar-refractivity contribution in [3.05, 3.63) is 47.0 Å². The lowest BCUT2D eigenvalue weighted by atomic mass is 10.0. The molecule has 0 fully saturated rings. The third kappa shape index (κ3) is 3.01. The molecule has 0 aliphatic carbocycles. The fraction of sp³-hybridized carbons (Fsp3) is 0.467. The van der Waals surface area contributed by atoms with E-state index in [-0.39, 0.29) is 12.6 Å². The Kier molecular flexibility index (Phi) is 4.32. The minimum absolute atomic E-state index is 0.0600. The lowest BCUT2D eigenvalue weighted by molar-refractivity contribution is 0.261. The van der Waals surface area contributed by atoms with Crippen LogP contribution in [0.2, 0.25) is 0 Å². The predicted molar refractivity (Wildman–Crippen MR) is 74.9 cm³/mol. The number of hydrogen-bond donors (Lipinski definition) is 1. The van der Waals surface area contributed by atoms with Crippen LogP contribution in [0.3, 0.4) is 0 Å². The van der Waals surface area contributed by atoms with Gasteiger partial charge in [-0.05, 0) is 38.3 Å². The molecule has 2 aromatic rings. The van der Waals surface area contributed by atoms with E-state index in [1.165, 1.54) is 11.1 Å². The maximum Gasteiger partial charge on any atom is 0.159 e. The molecule has 102 valence electrons. The summed E-state index contributed by atoms with van der Waals surface area (Å²) < 4.78 is 2.03. The number of aromatic nitrogens is 3. The van der Waals surface area contributed by atoms with Crippen molar-refractivity contribution >= 4 is 0 Å². The van der Waals surface area contributed by atoms with E-state index in [0.29, 0.717) is 5.82 Å². The standard InChI is InChI=1S/C15H21N3O/c1-11(2)18-14(16-17-15(18)10-19)9-8-13-7-5-4-6-12(13)3/h4-7,11,19H,8-10H2,1-3H3. The first-order valence-corrected chi connectivity index (χ1v) is 6.71. The topological polar surface area (TPSA) is 50.9 Å². The molecule has 0 amide bonds. The van der Waals surface area contributed by atoms with Crippen LogP contribution < -0.4 is 0 Å². The van der Waals surface area contributed by atoms with E-state index in [0.717, 1.165) is 18.7 Å². The first kappa shape index (κ1) is 13.7. The second-order valence-corrected chi connectivity index (χ2v) is 5.08. The molecule has 4 nitrogen and oxygen atoms in total. The minimum atomic E-state index is -0.0600. The van der Waals surface area contributed by atoms with E-state index in [4.69, 9.17) is 0 Å². The molecule has 0 bridgehead atoms. The third-order valence-electron chi connectivity index (χ3n) is 3.37. The van der Waals surface area contributed by atoms with Gasteiger partial charge in [-0.15, -0.1) is 10.2 Å². The van der Waals surface area contributed by atoms with E-state index in [9.17, 15) is 5.11 Å². The number of benzene rings is 1. The van der Waals surface area contributed by atoms with E-state index in [1.54, 1.807) is 0 Å². The van der Waals surface area contributed by atoms with Gasteiger partial charge in [-0.3, -0.25) is 0 Å². The Hall–Kier alpha value is -1.68. The van der Waals surface area contributed by atoms with Crippen LogP contribution in [0.15, 0.2) is 24.3 Å². The van der Waals surface area contributed by atoms with Gasteiger partial charge < -0.3 is 9.67 Å². The number of rotatable bonds is 5. The lowest BCUT2D eigenvalue weighted by Gasteiger charge is -2.13. The van der Waals surface area contributed by atoms with Gasteiger partial charge in [0.25, 0.3) is 0 Å². The van der Waals surface area contributed by atoms with E-state index in [2.05, 4.69) is 55.2 Å². The zero-order chi connectivity index (χ0) is 13.8. The predicted octanol–water partition coefficient (Wildman–Crippen LogP) is 2.44. The van der Waals surface area contributed by atoms with Crippen LogP contribution in [0.25, 0.3) is 0 Å². The quantitative estimate of drug-likeness (QED) is 0.897. The highest BCUT2D eigenvalue weighted by molar-refractivity contribution is 5.26. The van der Waals surface area contributed by atoms with Gasteiger partial charge in [0.1, 0.15) is 12.4 Å². The van der Waals surface area contributed by atoms with Crippen molar-refractivity contribution in [1.82, 2.24) is 14.8 Å². The van der Waals surface area contributed by atoms with Crippen LogP contribution in [0.4, 0.5) is 0 Å². The van der Waals surface area contributed by atoms with Gasteiger partial charge in [-0.2, -0.15) is 0 Å². The monoisotopic (exact) mass is 259 g/mol. The highest BCUT2D eigenvalue weighted by Gasteiger charge is 2.13. The van der Waals surface area contributed by atoms with Crippen LogP contribution in [-0.2, 0) is 19.4 Å². The number of hydrogen-bond acceptors (Lipinski definition) is 3. The molecule has 0 spiro atoms. The molecule has 0 unspecified atom stereocenters. The first-order valence-electron chi connectivity index (χ1n) is 6.71. The van der Waals surface area contributed by atoms with Gasteiger partial charge in [-0.25, -0.2) is 0 Å². The Bertz CT molecular complexity index is 546. The summed E-state index contributed by atoms with van der Waals surface area (Å²) >= 11 is 0. The van der Waals surface area contributed by atoms with E-state index >= 15 is 0 Å². The molecule has 0 saturated carbocycles. The van der Waals surface area contributed by atoms with Gasteiger partial charge in [0.2, 0.25) is 0 Å². The molecule has 1 heterocycles. The van der Waals surface area contributed by atoms with Crippen LogP contribution in [0.1, 0.15) is 42.7 Å². The van der Waals surface area contributed by atoms with E-state index < -0.39 is 0 Å². The summed E-state index contributed by atoms with van der Waals surface area (Å²) in [5.41, 5.74) is 2.65. The minimum Gasteiger partial charge on any atom is -0.388 e. The smallest absolute Gasteiger partial charge is 0.159 e. The molecule has 1 aromatic heterocycles. The van der Waals surface area contributed by atoms with Crippen molar-refractivity contribution in [1.29, 1.82) is 0 Å². The zero-order valence-corrected chi connectivity index (χ0v) is 11.8. The summed E-state index contributed by atoms with van der Waals surface area (Å²) in [6.07, 6.45) is 1.79. The summed E-state index contributed by atoms with van der Waals surface area (Å²) in [6, 6.07) is 8.66. The average molecular weight is 259 g/mol. The number of nitrogens with zero attached hydrogens (tertiary/aromatic N) is 3. The molecule has 0 saturated heterocycles. The maximum atomic E-state index is 9.29. The maximum absolute atomic E-state index is 9.29. The first-order chi connectivity index (χ1) is 9.13. The molecule has 1 N–H and O–H groups in total. The molecule has 0 radical (unpaired) electrons.